The first kappa shape index (κ1) is 19.0. The van der Waals surface area contributed by atoms with Crippen LogP contribution in [0.5, 0.6) is 5.75 Å². The van der Waals surface area contributed by atoms with Crippen LogP contribution >= 0.6 is 0 Å². The Morgan fingerprint density at radius 2 is 1.92 bits per heavy atom. The Bertz CT molecular complexity index is 718. The number of hydrogen-bond donors (Lipinski definition) is 2. The number of sulfonamides is 1. The van der Waals surface area contributed by atoms with Gasteiger partial charge in [0.1, 0.15) is 11.9 Å². The molecule has 0 bridgehead atoms. The van der Waals surface area contributed by atoms with Crippen LogP contribution < -0.4 is 15.4 Å². The molecule has 0 radical (unpaired) electrons. The highest BCUT2D eigenvalue weighted by atomic mass is 32.2. The number of para-hydroxylation sites is 1. The Kier molecular flexibility index (Phi) is 6.03. The van der Waals surface area contributed by atoms with Gasteiger partial charge in [0, 0.05) is 33.1 Å². The van der Waals surface area contributed by atoms with Crippen molar-refractivity contribution in [1.82, 2.24) is 14.9 Å². The summed E-state index contributed by atoms with van der Waals surface area (Å²) in [5, 5.41) is 6.68. The fourth-order valence-electron chi connectivity index (χ4n) is 3.48. The highest BCUT2D eigenvalue weighted by Crippen LogP contribution is 2.27. The van der Waals surface area contributed by atoms with E-state index < -0.39 is 10.0 Å². The lowest BCUT2D eigenvalue weighted by Gasteiger charge is -2.30. The number of rotatable bonds is 5. The van der Waals surface area contributed by atoms with E-state index >= 15 is 0 Å². The van der Waals surface area contributed by atoms with Crippen molar-refractivity contribution < 1.29 is 13.2 Å². The van der Waals surface area contributed by atoms with E-state index in [1.165, 1.54) is 11.8 Å². The summed E-state index contributed by atoms with van der Waals surface area (Å²) in [7, 11) is -1.31. The van der Waals surface area contributed by atoms with Gasteiger partial charge in [-0.15, -0.1) is 0 Å². The number of piperidine rings is 1. The average Bonchev–Trinajstić information content (AvgIpc) is 3.04. The van der Waals surface area contributed by atoms with E-state index in [1.807, 2.05) is 18.2 Å². The van der Waals surface area contributed by atoms with Crippen LogP contribution in [0.1, 0.15) is 18.4 Å². The lowest BCUT2D eigenvalue weighted by atomic mass is 9.98. The second kappa shape index (κ2) is 8.26. The van der Waals surface area contributed by atoms with Gasteiger partial charge in [0.05, 0.1) is 12.8 Å². The molecule has 0 saturated carbocycles. The smallest absolute Gasteiger partial charge is 0.211 e. The molecule has 2 N–H and O–H groups in total. The van der Waals surface area contributed by atoms with Crippen LogP contribution in [0.2, 0.25) is 0 Å². The van der Waals surface area contributed by atoms with Crippen LogP contribution in [-0.2, 0) is 16.4 Å². The molecule has 8 heteroatoms. The zero-order valence-corrected chi connectivity index (χ0v) is 16.3. The monoisotopic (exact) mass is 380 g/mol. The first-order chi connectivity index (χ1) is 12.5. The van der Waals surface area contributed by atoms with Gasteiger partial charge in [0.25, 0.3) is 0 Å². The largest absolute Gasteiger partial charge is 0.488 e. The highest BCUT2D eigenvalue weighted by molar-refractivity contribution is 7.88. The minimum absolute atomic E-state index is 0.115. The summed E-state index contributed by atoms with van der Waals surface area (Å²) in [5.41, 5.74) is 1.25. The van der Waals surface area contributed by atoms with Crippen LogP contribution in [-0.4, -0.2) is 64.3 Å². The predicted octanol–water partition coefficient (Wildman–Crippen LogP) is 0.827. The van der Waals surface area contributed by atoms with E-state index in [4.69, 9.17) is 4.74 Å². The molecule has 7 nitrogen and oxygen atoms in total. The first-order valence-electron chi connectivity index (χ1n) is 9.10. The highest BCUT2D eigenvalue weighted by Gasteiger charge is 2.25. The molecule has 2 aliphatic rings. The van der Waals surface area contributed by atoms with Crippen LogP contribution in [0.4, 0.5) is 0 Å². The van der Waals surface area contributed by atoms with Gasteiger partial charge < -0.3 is 15.4 Å². The summed E-state index contributed by atoms with van der Waals surface area (Å²) in [6, 6.07) is 8.13. The number of benzene rings is 1. The van der Waals surface area contributed by atoms with Crippen molar-refractivity contribution in [2.24, 2.45) is 10.9 Å². The molecule has 1 aromatic carbocycles. The fourth-order valence-corrected chi connectivity index (χ4v) is 4.36. The molecule has 2 aliphatic heterocycles. The molecule has 0 spiro atoms. The molecule has 0 amide bonds. The molecule has 0 aromatic heterocycles. The minimum atomic E-state index is -3.06. The van der Waals surface area contributed by atoms with Gasteiger partial charge in [-0.05, 0) is 30.4 Å². The molecular formula is C18H28N4O3S. The summed E-state index contributed by atoms with van der Waals surface area (Å²) >= 11 is 0. The van der Waals surface area contributed by atoms with Crippen LogP contribution in [0.3, 0.4) is 0 Å². The van der Waals surface area contributed by atoms with Gasteiger partial charge in [-0.25, -0.2) is 12.7 Å². The molecule has 1 atom stereocenters. The van der Waals surface area contributed by atoms with E-state index in [9.17, 15) is 8.42 Å². The number of guanidine groups is 1. The Balaban J connectivity index is 1.38. The van der Waals surface area contributed by atoms with Crippen molar-refractivity contribution in [1.29, 1.82) is 0 Å². The third kappa shape index (κ3) is 4.88. The van der Waals surface area contributed by atoms with Crippen LogP contribution in [0, 0.1) is 5.92 Å². The van der Waals surface area contributed by atoms with E-state index in [2.05, 4.69) is 21.7 Å². The van der Waals surface area contributed by atoms with E-state index in [-0.39, 0.29) is 6.10 Å². The normalized spacial score (nSPS) is 21.9. The molecule has 1 saturated heterocycles. The molecule has 144 valence electrons. The van der Waals surface area contributed by atoms with Crippen molar-refractivity contribution >= 4 is 16.0 Å². The van der Waals surface area contributed by atoms with Gasteiger partial charge in [0.15, 0.2) is 5.96 Å². The van der Waals surface area contributed by atoms with Gasteiger partial charge >= 0.3 is 0 Å². The zero-order valence-electron chi connectivity index (χ0n) is 15.4. The zero-order chi connectivity index (χ0) is 18.6. The van der Waals surface area contributed by atoms with E-state index in [1.54, 1.807) is 11.4 Å². The summed E-state index contributed by atoms with van der Waals surface area (Å²) in [5.74, 6) is 2.19. The Morgan fingerprint density at radius 3 is 2.58 bits per heavy atom. The predicted molar refractivity (Wildman–Crippen MR) is 103 cm³/mol. The maximum Gasteiger partial charge on any atom is 0.211 e. The summed E-state index contributed by atoms with van der Waals surface area (Å²) in [6.07, 6.45) is 4.05. The van der Waals surface area contributed by atoms with E-state index in [0.717, 1.165) is 37.5 Å². The molecule has 3 rings (SSSR count). The van der Waals surface area contributed by atoms with Crippen LogP contribution in [0.25, 0.3) is 0 Å². The van der Waals surface area contributed by atoms with Crippen molar-refractivity contribution in [2.75, 3.05) is 39.5 Å². The van der Waals surface area contributed by atoms with Gasteiger partial charge in [-0.3, -0.25) is 4.99 Å². The van der Waals surface area contributed by atoms with Gasteiger partial charge in [-0.1, -0.05) is 18.2 Å². The summed E-state index contributed by atoms with van der Waals surface area (Å²) in [4.78, 5) is 4.27. The maximum atomic E-state index is 11.6. The topological polar surface area (TPSA) is 83.0 Å². The molecule has 1 fully saturated rings. The third-order valence-corrected chi connectivity index (χ3v) is 6.34. The number of aliphatic imine (C=N–C) groups is 1. The third-order valence-electron chi connectivity index (χ3n) is 5.04. The summed E-state index contributed by atoms with van der Waals surface area (Å²) in [6.45, 7) is 2.70. The van der Waals surface area contributed by atoms with Gasteiger partial charge in [0.2, 0.25) is 10.0 Å². The Morgan fingerprint density at radius 1 is 1.23 bits per heavy atom. The lowest BCUT2D eigenvalue weighted by molar-refractivity contribution is 0.234. The number of nitrogens with zero attached hydrogens (tertiary/aromatic N) is 2. The number of ether oxygens (including phenoxy) is 1. The quantitative estimate of drug-likeness (QED) is 0.584. The SMILES string of the molecule is CN=C(NCC1CCN(S(C)(=O)=O)CC1)NCC1Cc2ccccc2O1. The number of nitrogens with one attached hydrogen (secondary N) is 2. The van der Waals surface area contributed by atoms with E-state index in [0.29, 0.717) is 25.6 Å². The Hall–Kier alpha value is -1.80. The molecule has 26 heavy (non-hydrogen) atoms. The minimum Gasteiger partial charge on any atom is -0.488 e. The first-order valence-corrected chi connectivity index (χ1v) is 10.9. The fraction of sp³-hybridized carbons (Fsp3) is 0.611. The molecule has 1 unspecified atom stereocenters. The second-order valence-corrected chi connectivity index (χ2v) is 8.97. The van der Waals surface area contributed by atoms with Crippen molar-refractivity contribution in [3.8, 4) is 5.75 Å². The van der Waals surface area contributed by atoms with Crippen LogP contribution in [0.15, 0.2) is 29.3 Å². The molecule has 1 aromatic rings. The number of fused-ring (bicyclic) bond motifs is 1. The van der Waals surface area contributed by atoms with Crippen molar-refractivity contribution in [3.63, 3.8) is 0 Å². The second-order valence-electron chi connectivity index (χ2n) is 6.99. The standard InChI is InChI=1S/C18H28N4O3S/c1-19-18(20-12-14-7-9-22(10-8-14)26(2,23)24)21-13-16-11-15-5-3-4-6-17(15)25-16/h3-6,14,16H,7-13H2,1-2H3,(H2,19,20,21). The Labute approximate surface area is 155 Å². The lowest BCUT2D eigenvalue weighted by Crippen LogP contribution is -2.45. The maximum absolute atomic E-state index is 11.6. The van der Waals surface area contributed by atoms with Crippen molar-refractivity contribution in [2.45, 2.75) is 25.4 Å². The molecule has 0 aliphatic carbocycles. The number of hydrogen-bond acceptors (Lipinski definition) is 4. The molecular weight excluding hydrogens is 352 g/mol. The van der Waals surface area contributed by atoms with Gasteiger partial charge in [-0.2, -0.15) is 0 Å². The van der Waals surface area contributed by atoms with Crippen molar-refractivity contribution in [3.05, 3.63) is 29.8 Å². The summed E-state index contributed by atoms with van der Waals surface area (Å²) < 4.78 is 30.6. The average molecular weight is 381 g/mol. The molecule has 2 heterocycles.